The van der Waals surface area contributed by atoms with Crippen molar-refractivity contribution in [3.63, 3.8) is 0 Å². The van der Waals surface area contributed by atoms with Crippen LogP contribution in [-0.2, 0) is 0 Å². The van der Waals surface area contributed by atoms with Gasteiger partial charge >= 0.3 is 272 Å². The Morgan fingerprint density at radius 2 is 0.630 bits per heavy atom. The minimum Gasteiger partial charge on any atom is -0.0351 e. The topological polar surface area (TPSA) is 13.1 Å². The van der Waals surface area contributed by atoms with E-state index in [1.165, 1.54) is 54.0 Å². The molecule has 0 spiro atoms. The third kappa shape index (κ3) is 7.53. The molecule has 0 bridgehead atoms. The maximum Gasteiger partial charge on any atom is -0.0242 e. The van der Waals surface area contributed by atoms with E-state index in [0.29, 0.717) is 0 Å². The average molecular weight is 1010 g/mol. The molecular weight excluding hydrogens is 964 g/mol. The van der Waals surface area contributed by atoms with Crippen molar-refractivity contribution in [3.05, 3.63) is 284 Å². The SMILES string of the molecule is Fc1ccc(N(c2ccc3c(c2)c2ccccc2n3-c2ccc(F)cc2)c2ccc3c(c2)c2cc(-c4cc[c]([Ge]([c]5ccccc5)([c]5ccccc5)[c]5ccccc5)cc4)ccc2n3-c2ccc(F)cc2)cc1. The Balaban J connectivity index is 0.986. The molecule has 348 valence electrons. The van der Waals surface area contributed by atoms with Crippen LogP contribution in [-0.4, -0.2) is 22.4 Å². The van der Waals surface area contributed by atoms with Crippen molar-refractivity contribution >= 4 is 91.5 Å². The molecule has 0 saturated heterocycles. The van der Waals surface area contributed by atoms with E-state index in [1.807, 2.05) is 24.3 Å². The molecule has 13 rings (SSSR count). The van der Waals surface area contributed by atoms with Gasteiger partial charge in [0.1, 0.15) is 17.5 Å². The number of fused-ring (bicyclic) bond motifs is 6. The first-order valence-corrected chi connectivity index (χ1v) is 28.6. The van der Waals surface area contributed by atoms with Gasteiger partial charge in [-0.1, -0.05) is 18.2 Å². The van der Waals surface area contributed by atoms with Crippen LogP contribution in [0.4, 0.5) is 30.2 Å². The number of rotatable bonds is 10. The summed E-state index contributed by atoms with van der Waals surface area (Å²) in [6, 6.07) is 89.8. The Kier molecular flexibility index (Phi) is 10.9. The van der Waals surface area contributed by atoms with Crippen LogP contribution in [0.15, 0.2) is 267 Å². The normalized spacial score (nSPS) is 11.8. The number of para-hydroxylation sites is 1. The summed E-state index contributed by atoms with van der Waals surface area (Å²) in [6.45, 7) is 0. The van der Waals surface area contributed by atoms with E-state index in [-0.39, 0.29) is 17.5 Å². The molecular formula is C66H44F3GeN3. The predicted molar refractivity (Wildman–Crippen MR) is 299 cm³/mol. The number of benzene rings is 11. The number of aromatic nitrogens is 2. The summed E-state index contributed by atoms with van der Waals surface area (Å²) in [6.07, 6.45) is 0. The standard InChI is InChI=1S/C66H44F3GeN3/c67-47-23-31-54(32-24-47)71(57-37-40-65-61(43-57)59-18-10-11-19-63(59)72(65)55-33-25-48(68)26-34-55)58-38-41-66-62(44-58)60-42-46(22-39-64(60)73(66)56-35-27-49(69)28-36-56)45-20-29-53(30-21-45)70(50-12-4-1-5-13-50,51-14-6-2-7-15-51)52-16-8-3-9-17-52/h1-44H. The third-order valence-electron chi connectivity index (χ3n) is 14.4. The number of hydrogen-bond acceptors (Lipinski definition) is 1. The molecule has 0 saturated carbocycles. The summed E-state index contributed by atoms with van der Waals surface area (Å²) in [7, 11) is 0. The van der Waals surface area contributed by atoms with E-state index < -0.39 is 13.3 Å². The van der Waals surface area contributed by atoms with Gasteiger partial charge in [0.2, 0.25) is 0 Å². The van der Waals surface area contributed by atoms with E-state index in [4.69, 9.17) is 0 Å². The summed E-state index contributed by atoms with van der Waals surface area (Å²) < 4.78 is 53.2. The summed E-state index contributed by atoms with van der Waals surface area (Å²) in [5.41, 5.74) is 10.3. The van der Waals surface area contributed by atoms with Gasteiger partial charge in [0.25, 0.3) is 0 Å². The summed E-state index contributed by atoms with van der Waals surface area (Å²) in [4.78, 5) is 2.16. The number of nitrogens with zero attached hydrogens (tertiary/aromatic N) is 3. The predicted octanol–water partition coefficient (Wildman–Crippen LogP) is 14.8. The van der Waals surface area contributed by atoms with Gasteiger partial charge in [-0.25, -0.2) is 13.2 Å². The molecule has 7 heteroatoms. The van der Waals surface area contributed by atoms with Crippen LogP contribution < -0.4 is 22.5 Å². The molecule has 0 aliphatic heterocycles. The second-order valence-electron chi connectivity index (χ2n) is 18.5. The van der Waals surface area contributed by atoms with Crippen LogP contribution in [0.3, 0.4) is 0 Å². The maximum atomic E-state index is 14.7. The Labute approximate surface area is 423 Å². The van der Waals surface area contributed by atoms with Gasteiger partial charge in [0.15, 0.2) is 0 Å². The molecule has 0 atom stereocenters. The molecule has 2 heterocycles. The van der Waals surface area contributed by atoms with Crippen LogP contribution in [0, 0.1) is 17.5 Å². The van der Waals surface area contributed by atoms with E-state index in [2.05, 4.69) is 196 Å². The van der Waals surface area contributed by atoms with E-state index >= 15 is 0 Å². The molecule has 3 nitrogen and oxygen atoms in total. The molecule has 13 aromatic rings. The van der Waals surface area contributed by atoms with Crippen LogP contribution in [0.25, 0.3) is 66.1 Å². The van der Waals surface area contributed by atoms with Crippen LogP contribution in [0.5, 0.6) is 0 Å². The van der Waals surface area contributed by atoms with E-state index in [9.17, 15) is 13.2 Å². The minimum absolute atomic E-state index is 0.292. The fourth-order valence-electron chi connectivity index (χ4n) is 11.2. The van der Waals surface area contributed by atoms with Gasteiger partial charge in [0.05, 0.1) is 11.0 Å². The molecule has 73 heavy (non-hydrogen) atoms. The molecule has 0 fully saturated rings. The molecule has 0 amide bonds. The fraction of sp³-hybridized carbons (Fsp3) is 0. The van der Waals surface area contributed by atoms with Gasteiger partial charge in [-0.15, -0.1) is 0 Å². The van der Waals surface area contributed by atoms with Crippen molar-refractivity contribution in [2.75, 3.05) is 4.90 Å². The second-order valence-corrected chi connectivity index (χ2v) is 26.5. The molecule has 0 aliphatic rings. The van der Waals surface area contributed by atoms with Crippen LogP contribution in [0.1, 0.15) is 0 Å². The first-order valence-electron chi connectivity index (χ1n) is 24.4. The van der Waals surface area contributed by atoms with Gasteiger partial charge in [0, 0.05) is 16.5 Å². The molecule has 2 aromatic heterocycles. The van der Waals surface area contributed by atoms with E-state index in [0.717, 1.165) is 83.2 Å². The van der Waals surface area contributed by atoms with Crippen molar-refractivity contribution in [2.24, 2.45) is 0 Å². The first kappa shape index (κ1) is 44.1. The van der Waals surface area contributed by atoms with Gasteiger partial charge in [-0.3, -0.25) is 0 Å². The summed E-state index contributed by atoms with van der Waals surface area (Å²) in [5, 5.41) is 4.11. The van der Waals surface area contributed by atoms with Crippen molar-refractivity contribution in [2.45, 2.75) is 0 Å². The van der Waals surface area contributed by atoms with Crippen LogP contribution >= 0.6 is 0 Å². The zero-order valence-electron chi connectivity index (χ0n) is 39.4. The molecule has 0 aliphatic carbocycles. The van der Waals surface area contributed by atoms with Crippen molar-refractivity contribution < 1.29 is 13.2 Å². The number of halogens is 3. The second kappa shape index (κ2) is 18.1. The Morgan fingerprint density at radius 3 is 1.12 bits per heavy atom. The molecule has 0 unspecified atom stereocenters. The van der Waals surface area contributed by atoms with Crippen molar-refractivity contribution in [3.8, 4) is 22.5 Å². The molecule has 0 N–H and O–H groups in total. The quantitative estimate of drug-likeness (QED) is 0.124. The Bertz CT molecular complexity index is 4040. The zero-order valence-corrected chi connectivity index (χ0v) is 41.5. The molecule has 0 radical (unpaired) electrons. The molecule has 11 aromatic carbocycles. The maximum absolute atomic E-state index is 14.7. The number of anilines is 3. The Morgan fingerprint density at radius 1 is 0.274 bits per heavy atom. The first-order chi connectivity index (χ1) is 35.9. The number of hydrogen-bond donors (Lipinski definition) is 0. The van der Waals surface area contributed by atoms with E-state index in [1.54, 1.807) is 24.3 Å². The fourth-order valence-corrected chi connectivity index (χ4v) is 21.1. The monoisotopic (exact) mass is 1010 g/mol. The average Bonchev–Trinajstić information content (AvgIpc) is 3.95. The minimum atomic E-state index is -3.49. The third-order valence-corrected chi connectivity index (χ3v) is 24.5. The smallest absolute Gasteiger partial charge is 0.0242 e. The summed E-state index contributed by atoms with van der Waals surface area (Å²) >= 11 is -3.49. The Hall–Kier alpha value is -8.85. The van der Waals surface area contributed by atoms with Gasteiger partial charge in [-0.2, -0.15) is 0 Å². The van der Waals surface area contributed by atoms with Crippen LogP contribution in [0.2, 0.25) is 0 Å². The van der Waals surface area contributed by atoms with Crippen molar-refractivity contribution in [1.29, 1.82) is 0 Å². The van der Waals surface area contributed by atoms with Crippen molar-refractivity contribution in [1.82, 2.24) is 9.13 Å². The zero-order chi connectivity index (χ0) is 49.0. The van der Waals surface area contributed by atoms with Gasteiger partial charge < -0.3 is 4.57 Å². The summed E-state index contributed by atoms with van der Waals surface area (Å²) in [5.74, 6) is -0.917. The van der Waals surface area contributed by atoms with Gasteiger partial charge in [-0.05, 0) is 72.8 Å². The largest absolute Gasteiger partial charge is 0.0351 e.